The van der Waals surface area contributed by atoms with E-state index in [1.165, 1.54) is 5.57 Å². The van der Waals surface area contributed by atoms with Gasteiger partial charge in [-0.3, -0.25) is 4.79 Å². The predicted molar refractivity (Wildman–Crippen MR) is 95.0 cm³/mol. The average Bonchev–Trinajstić information content (AvgIpc) is 2.84. The number of rotatable bonds is 0. The lowest BCUT2D eigenvalue weighted by atomic mass is 9.45. The number of aliphatic hydroxyl groups excluding tert-OH is 1. The van der Waals surface area contributed by atoms with E-state index in [4.69, 9.17) is 6.42 Å². The molecule has 4 rings (SSSR count). The molecule has 0 aromatic carbocycles. The number of hydrogen-bond donors (Lipinski definition) is 1. The number of allylic oxidation sites excluding steroid dienone is 1. The second kappa shape index (κ2) is 5.21. The van der Waals surface area contributed by atoms with Crippen LogP contribution in [-0.2, 0) is 4.79 Å². The van der Waals surface area contributed by atoms with E-state index >= 15 is 0 Å². The molecule has 3 saturated carbocycles. The molecule has 0 bridgehead atoms. The topological polar surface area (TPSA) is 37.3 Å². The largest absolute Gasteiger partial charge is 0.393 e. The van der Waals surface area contributed by atoms with E-state index in [-0.39, 0.29) is 22.9 Å². The third-order valence-electron chi connectivity index (χ3n) is 8.41. The summed E-state index contributed by atoms with van der Waals surface area (Å²) in [5.41, 5.74) is 1.41. The molecule has 4 aliphatic rings. The number of ketones is 1. The Morgan fingerprint density at radius 2 is 1.96 bits per heavy atom. The number of carbonyl (C=O) groups excluding carboxylic acids is 1. The van der Waals surface area contributed by atoms with Gasteiger partial charge in [-0.25, -0.2) is 0 Å². The van der Waals surface area contributed by atoms with Crippen LogP contribution in [0.2, 0.25) is 0 Å². The SMILES string of the molecule is C#C[C@H]1C=C2C[C@@H](O)[C@H](C)C[C@]2(C)[C@H]2CC[C@]3(C)C(=O)CC[C@H]3[C@H]12. The maximum atomic E-state index is 12.6. The summed E-state index contributed by atoms with van der Waals surface area (Å²) in [5.74, 6) is 5.45. The van der Waals surface area contributed by atoms with Crippen LogP contribution < -0.4 is 0 Å². The predicted octanol–water partition coefficient (Wildman–Crippen LogP) is 3.98. The Hall–Kier alpha value is -1.07. The van der Waals surface area contributed by atoms with Crippen LogP contribution in [0.4, 0.5) is 0 Å². The molecule has 0 radical (unpaired) electrons. The Morgan fingerprint density at radius 1 is 1.25 bits per heavy atom. The normalized spacial score (nSPS) is 53.5. The van der Waals surface area contributed by atoms with Crippen LogP contribution in [0.15, 0.2) is 11.6 Å². The fourth-order valence-electron chi connectivity index (χ4n) is 6.94. The quantitative estimate of drug-likeness (QED) is 0.540. The molecule has 3 fully saturated rings. The van der Waals surface area contributed by atoms with Crippen molar-refractivity contribution in [1.29, 1.82) is 0 Å². The Morgan fingerprint density at radius 3 is 2.67 bits per heavy atom. The molecule has 4 aliphatic carbocycles. The number of aliphatic hydroxyl groups is 1. The molecule has 0 unspecified atom stereocenters. The zero-order valence-corrected chi connectivity index (χ0v) is 15.2. The van der Waals surface area contributed by atoms with Crippen molar-refractivity contribution in [2.45, 2.75) is 65.4 Å². The lowest BCUT2D eigenvalue weighted by Crippen LogP contribution is -2.54. The summed E-state index contributed by atoms with van der Waals surface area (Å²) in [7, 11) is 0. The minimum absolute atomic E-state index is 0.134. The van der Waals surface area contributed by atoms with Gasteiger partial charge in [0.05, 0.1) is 6.10 Å². The van der Waals surface area contributed by atoms with E-state index in [0.29, 0.717) is 29.5 Å². The summed E-state index contributed by atoms with van der Waals surface area (Å²) < 4.78 is 0. The maximum absolute atomic E-state index is 12.6. The van der Waals surface area contributed by atoms with E-state index in [2.05, 4.69) is 32.8 Å². The van der Waals surface area contributed by atoms with Crippen molar-refractivity contribution in [2.24, 2.45) is 40.4 Å². The van der Waals surface area contributed by atoms with Crippen LogP contribution in [0.3, 0.4) is 0 Å². The molecule has 0 aromatic rings. The van der Waals surface area contributed by atoms with E-state index in [1.54, 1.807) is 0 Å². The minimum Gasteiger partial charge on any atom is -0.393 e. The van der Waals surface area contributed by atoms with Crippen LogP contribution in [0.1, 0.15) is 59.3 Å². The van der Waals surface area contributed by atoms with Gasteiger partial charge < -0.3 is 5.11 Å². The summed E-state index contributed by atoms with van der Waals surface area (Å²) in [6, 6.07) is 0. The fraction of sp³-hybridized carbons (Fsp3) is 0.773. The van der Waals surface area contributed by atoms with Gasteiger partial charge in [-0.2, -0.15) is 0 Å². The van der Waals surface area contributed by atoms with Gasteiger partial charge in [0.1, 0.15) is 5.78 Å². The van der Waals surface area contributed by atoms with Gasteiger partial charge in [0.25, 0.3) is 0 Å². The lowest BCUT2D eigenvalue weighted by molar-refractivity contribution is -0.133. The second-order valence-electron chi connectivity index (χ2n) is 9.46. The molecule has 0 saturated heterocycles. The Balaban J connectivity index is 1.79. The molecule has 0 amide bonds. The molecular weight excluding hydrogens is 296 g/mol. The molecular formula is C22H30O2. The van der Waals surface area contributed by atoms with E-state index in [0.717, 1.165) is 38.5 Å². The van der Waals surface area contributed by atoms with Gasteiger partial charge >= 0.3 is 0 Å². The number of carbonyl (C=O) groups is 1. The second-order valence-corrected chi connectivity index (χ2v) is 9.46. The molecule has 0 spiro atoms. The van der Waals surface area contributed by atoms with Gasteiger partial charge in [-0.15, -0.1) is 6.42 Å². The number of terminal acetylenes is 1. The van der Waals surface area contributed by atoms with Gasteiger partial charge in [0, 0.05) is 17.8 Å². The van der Waals surface area contributed by atoms with Crippen molar-refractivity contribution in [3.05, 3.63) is 11.6 Å². The van der Waals surface area contributed by atoms with Gasteiger partial charge in [-0.1, -0.05) is 38.3 Å². The molecule has 8 atom stereocenters. The third kappa shape index (κ3) is 1.97. The standard InChI is InChI=1S/C22H30O2/c1-5-14-10-15-11-18(23)13(2)12-22(15,4)17-8-9-21(3)16(20(14)17)6-7-19(21)24/h1,10,13-14,16-18,20,23H,6-9,11-12H2,2-4H3/t13-,14+,16+,17+,18-,20+,21+,22+/m1/s1. The molecule has 130 valence electrons. The summed E-state index contributed by atoms with van der Waals surface area (Å²) in [4.78, 5) is 12.6. The van der Waals surface area contributed by atoms with E-state index < -0.39 is 0 Å². The summed E-state index contributed by atoms with van der Waals surface area (Å²) in [6.45, 7) is 6.79. The van der Waals surface area contributed by atoms with Gasteiger partial charge in [0.15, 0.2) is 0 Å². The van der Waals surface area contributed by atoms with Gasteiger partial charge in [0.2, 0.25) is 0 Å². The van der Waals surface area contributed by atoms with Crippen molar-refractivity contribution in [1.82, 2.24) is 0 Å². The maximum Gasteiger partial charge on any atom is 0.139 e. The highest BCUT2D eigenvalue weighted by atomic mass is 16.3. The first-order chi connectivity index (χ1) is 11.3. The van der Waals surface area contributed by atoms with E-state index in [9.17, 15) is 9.90 Å². The van der Waals surface area contributed by atoms with Crippen molar-refractivity contribution in [3.63, 3.8) is 0 Å². The van der Waals surface area contributed by atoms with Crippen molar-refractivity contribution < 1.29 is 9.90 Å². The summed E-state index contributed by atoms with van der Waals surface area (Å²) in [6.07, 6.45) is 13.8. The number of fused-ring (bicyclic) bond motifs is 5. The first-order valence-corrected chi connectivity index (χ1v) is 9.70. The van der Waals surface area contributed by atoms with Crippen LogP contribution in [0, 0.1) is 52.8 Å². The van der Waals surface area contributed by atoms with Crippen LogP contribution in [-0.4, -0.2) is 17.0 Å². The van der Waals surface area contributed by atoms with Crippen LogP contribution in [0.25, 0.3) is 0 Å². The first kappa shape index (κ1) is 16.4. The summed E-state index contributed by atoms with van der Waals surface area (Å²) >= 11 is 0. The average molecular weight is 326 g/mol. The number of Topliss-reactive ketones (excluding diaryl/α,β-unsaturated/α-hetero) is 1. The zero-order valence-electron chi connectivity index (χ0n) is 15.2. The molecule has 24 heavy (non-hydrogen) atoms. The molecule has 0 aliphatic heterocycles. The Bertz CT molecular complexity index is 641. The summed E-state index contributed by atoms with van der Waals surface area (Å²) in [5, 5.41) is 10.4. The Kier molecular flexibility index (Phi) is 3.56. The molecule has 2 nitrogen and oxygen atoms in total. The van der Waals surface area contributed by atoms with Crippen LogP contribution >= 0.6 is 0 Å². The smallest absolute Gasteiger partial charge is 0.139 e. The molecule has 1 N–H and O–H groups in total. The molecule has 0 heterocycles. The highest BCUT2D eigenvalue weighted by Crippen LogP contribution is 2.65. The van der Waals surface area contributed by atoms with E-state index in [1.807, 2.05) is 0 Å². The van der Waals surface area contributed by atoms with Crippen LogP contribution in [0.5, 0.6) is 0 Å². The van der Waals surface area contributed by atoms with Crippen molar-refractivity contribution in [3.8, 4) is 12.3 Å². The number of hydrogen-bond acceptors (Lipinski definition) is 2. The zero-order chi connectivity index (χ0) is 17.3. The van der Waals surface area contributed by atoms with Crippen molar-refractivity contribution >= 4 is 5.78 Å². The molecule has 2 heteroatoms. The highest BCUT2D eigenvalue weighted by Gasteiger charge is 2.61. The fourth-order valence-corrected chi connectivity index (χ4v) is 6.94. The van der Waals surface area contributed by atoms with Crippen molar-refractivity contribution in [2.75, 3.05) is 0 Å². The minimum atomic E-state index is -0.235. The first-order valence-electron chi connectivity index (χ1n) is 9.70. The Labute approximate surface area is 146 Å². The monoisotopic (exact) mass is 326 g/mol. The van der Waals surface area contributed by atoms with Gasteiger partial charge in [-0.05, 0) is 61.2 Å². The highest BCUT2D eigenvalue weighted by molar-refractivity contribution is 5.87. The lowest BCUT2D eigenvalue weighted by Gasteiger charge is -2.59. The molecule has 0 aromatic heterocycles. The third-order valence-corrected chi connectivity index (χ3v) is 8.41.